The second-order valence-electron chi connectivity index (χ2n) is 2.35. The normalized spacial score (nSPS) is 10.1. The van der Waals surface area contributed by atoms with Crippen molar-refractivity contribution in [2.24, 2.45) is 11.7 Å². The van der Waals surface area contributed by atoms with Crippen LogP contribution >= 0.6 is 11.8 Å². The minimum Gasteiger partial charge on any atom is -0.361 e. The molecule has 0 aromatic rings. The van der Waals surface area contributed by atoms with Crippen molar-refractivity contribution in [3.8, 4) is 0 Å². The van der Waals surface area contributed by atoms with Crippen LogP contribution in [-0.2, 0) is 0 Å². The van der Waals surface area contributed by atoms with Crippen LogP contribution in [0.15, 0.2) is 0 Å². The molecule has 0 rings (SSSR count). The zero-order chi connectivity index (χ0) is 7.28. The lowest BCUT2D eigenvalue weighted by Gasteiger charge is -1.99. The summed E-state index contributed by atoms with van der Waals surface area (Å²) in [5.74, 6) is 1.52. The van der Waals surface area contributed by atoms with Crippen LogP contribution < -0.4 is 5.73 Å². The summed E-state index contributed by atoms with van der Waals surface area (Å²) in [5.41, 5.74) is 4.90. The highest BCUT2D eigenvalue weighted by Gasteiger charge is 1.96. The Morgan fingerprint density at radius 1 is 1.67 bits per heavy atom. The van der Waals surface area contributed by atoms with E-state index in [2.05, 4.69) is 13.8 Å². The molecular formula is C6H13NOS. The summed E-state index contributed by atoms with van der Waals surface area (Å²) in [7, 11) is 0. The number of hydrogen-bond donors (Lipinski definition) is 1. The van der Waals surface area contributed by atoms with Gasteiger partial charge in [0.25, 0.3) is 5.24 Å². The van der Waals surface area contributed by atoms with E-state index in [9.17, 15) is 4.79 Å². The molecule has 54 valence electrons. The minimum atomic E-state index is -0.268. The fraction of sp³-hybridized carbons (Fsp3) is 0.833. The summed E-state index contributed by atoms with van der Waals surface area (Å²) in [6, 6.07) is 0. The molecule has 0 spiro atoms. The fourth-order valence-electron chi connectivity index (χ4n) is 0.395. The highest BCUT2D eigenvalue weighted by atomic mass is 32.2. The summed E-state index contributed by atoms with van der Waals surface area (Å²) < 4.78 is 0. The number of thioether (sulfide) groups is 1. The van der Waals surface area contributed by atoms with Crippen molar-refractivity contribution in [3.63, 3.8) is 0 Å². The highest BCUT2D eigenvalue weighted by Crippen LogP contribution is 2.07. The van der Waals surface area contributed by atoms with E-state index in [0.29, 0.717) is 5.92 Å². The van der Waals surface area contributed by atoms with Gasteiger partial charge in [-0.2, -0.15) is 0 Å². The summed E-state index contributed by atoms with van der Waals surface area (Å²) >= 11 is 1.20. The topological polar surface area (TPSA) is 43.1 Å². The van der Waals surface area contributed by atoms with Crippen LogP contribution in [0.1, 0.15) is 20.3 Å². The van der Waals surface area contributed by atoms with Gasteiger partial charge in [0.05, 0.1) is 0 Å². The monoisotopic (exact) mass is 147 g/mol. The lowest BCUT2D eigenvalue weighted by atomic mass is 10.2. The third kappa shape index (κ3) is 7.82. The van der Waals surface area contributed by atoms with Gasteiger partial charge in [0, 0.05) is 5.75 Å². The van der Waals surface area contributed by atoms with Crippen molar-refractivity contribution in [2.75, 3.05) is 5.75 Å². The van der Waals surface area contributed by atoms with Crippen molar-refractivity contribution < 1.29 is 4.79 Å². The lowest BCUT2D eigenvalue weighted by Crippen LogP contribution is -2.04. The van der Waals surface area contributed by atoms with Gasteiger partial charge in [-0.25, -0.2) is 0 Å². The van der Waals surface area contributed by atoms with E-state index in [1.165, 1.54) is 11.8 Å². The molecule has 0 aliphatic heterocycles. The first-order chi connectivity index (χ1) is 4.13. The van der Waals surface area contributed by atoms with E-state index in [0.717, 1.165) is 12.2 Å². The summed E-state index contributed by atoms with van der Waals surface area (Å²) in [6.07, 6.45) is 1.06. The van der Waals surface area contributed by atoms with Gasteiger partial charge in [0.2, 0.25) is 0 Å². The maximum absolute atomic E-state index is 10.2. The van der Waals surface area contributed by atoms with Gasteiger partial charge in [-0.1, -0.05) is 25.6 Å². The molecule has 1 amide bonds. The average Bonchev–Trinajstić information content (AvgIpc) is 1.63. The average molecular weight is 147 g/mol. The first-order valence-electron chi connectivity index (χ1n) is 3.05. The predicted octanol–water partition coefficient (Wildman–Crippen LogP) is 1.84. The number of hydrogen-bond acceptors (Lipinski definition) is 2. The molecule has 0 unspecified atom stereocenters. The summed E-state index contributed by atoms with van der Waals surface area (Å²) in [4.78, 5) is 10.2. The van der Waals surface area contributed by atoms with Crippen molar-refractivity contribution in [2.45, 2.75) is 20.3 Å². The second kappa shape index (κ2) is 4.68. The first kappa shape index (κ1) is 8.82. The van der Waals surface area contributed by atoms with E-state index in [-0.39, 0.29) is 5.24 Å². The molecule has 0 radical (unpaired) electrons. The van der Waals surface area contributed by atoms with Crippen molar-refractivity contribution in [3.05, 3.63) is 0 Å². The van der Waals surface area contributed by atoms with Crippen molar-refractivity contribution in [1.29, 1.82) is 0 Å². The van der Waals surface area contributed by atoms with Gasteiger partial charge >= 0.3 is 0 Å². The Morgan fingerprint density at radius 2 is 2.22 bits per heavy atom. The fourth-order valence-corrected chi connectivity index (χ4v) is 1.19. The lowest BCUT2D eigenvalue weighted by molar-refractivity contribution is 0.267. The third-order valence-electron chi connectivity index (χ3n) is 0.940. The number of primary amides is 1. The molecule has 9 heavy (non-hydrogen) atoms. The minimum absolute atomic E-state index is 0.268. The van der Waals surface area contributed by atoms with Crippen molar-refractivity contribution >= 4 is 17.0 Å². The quantitative estimate of drug-likeness (QED) is 0.662. The van der Waals surface area contributed by atoms with Crippen LogP contribution in [0.25, 0.3) is 0 Å². The first-order valence-corrected chi connectivity index (χ1v) is 4.03. The number of carbonyl (C=O) groups is 1. The van der Waals surface area contributed by atoms with Gasteiger partial charge < -0.3 is 5.73 Å². The van der Waals surface area contributed by atoms with Crippen LogP contribution in [0.5, 0.6) is 0 Å². The molecule has 0 saturated carbocycles. The zero-order valence-corrected chi connectivity index (χ0v) is 6.70. The molecule has 0 atom stereocenters. The molecule has 3 heteroatoms. The van der Waals surface area contributed by atoms with Crippen LogP contribution in [0.4, 0.5) is 4.79 Å². The molecule has 0 heterocycles. The smallest absolute Gasteiger partial charge is 0.276 e. The molecule has 0 aromatic carbocycles. The zero-order valence-electron chi connectivity index (χ0n) is 5.89. The van der Waals surface area contributed by atoms with Gasteiger partial charge in [0.1, 0.15) is 0 Å². The van der Waals surface area contributed by atoms with E-state index in [1.54, 1.807) is 0 Å². The van der Waals surface area contributed by atoms with E-state index < -0.39 is 0 Å². The van der Waals surface area contributed by atoms with Gasteiger partial charge in [-0.05, 0) is 12.3 Å². The Kier molecular flexibility index (Phi) is 4.58. The number of nitrogens with two attached hydrogens (primary N) is 1. The van der Waals surface area contributed by atoms with Gasteiger partial charge in [-0.3, -0.25) is 4.79 Å². The summed E-state index contributed by atoms with van der Waals surface area (Å²) in [5, 5.41) is -0.268. The number of carbonyl (C=O) groups excluding carboxylic acids is 1. The highest BCUT2D eigenvalue weighted by molar-refractivity contribution is 8.13. The van der Waals surface area contributed by atoms with Crippen LogP contribution in [0, 0.1) is 5.92 Å². The number of rotatable bonds is 3. The molecule has 0 saturated heterocycles. The number of amides is 1. The third-order valence-corrected chi connectivity index (χ3v) is 1.66. The van der Waals surface area contributed by atoms with E-state index in [1.807, 2.05) is 0 Å². The molecule has 0 fully saturated rings. The molecule has 0 aliphatic carbocycles. The Bertz CT molecular complexity index is 93.1. The standard InChI is InChI=1S/C6H13NOS/c1-5(2)3-4-9-6(7)8/h5H,3-4H2,1-2H3,(H2,7,8). The SMILES string of the molecule is CC(C)CCSC(N)=O. The van der Waals surface area contributed by atoms with E-state index in [4.69, 9.17) is 5.73 Å². The largest absolute Gasteiger partial charge is 0.361 e. The van der Waals surface area contributed by atoms with E-state index >= 15 is 0 Å². The maximum atomic E-state index is 10.2. The molecule has 0 aliphatic rings. The van der Waals surface area contributed by atoms with Crippen LogP contribution in [-0.4, -0.2) is 11.0 Å². The maximum Gasteiger partial charge on any atom is 0.276 e. The second-order valence-corrected chi connectivity index (χ2v) is 3.45. The Morgan fingerprint density at radius 3 is 2.56 bits per heavy atom. The molecular weight excluding hydrogens is 134 g/mol. The molecule has 2 N–H and O–H groups in total. The van der Waals surface area contributed by atoms with Crippen LogP contribution in [0.2, 0.25) is 0 Å². The molecule has 2 nitrogen and oxygen atoms in total. The van der Waals surface area contributed by atoms with Crippen molar-refractivity contribution in [1.82, 2.24) is 0 Å². The molecule has 0 bridgehead atoms. The van der Waals surface area contributed by atoms with Gasteiger partial charge in [0.15, 0.2) is 0 Å². The Labute approximate surface area is 60.2 Å². The summed E-state index contributed by atoms with van der Waals surface area (Å²) in [6.45, 7) is 4.25. The van der Waals surface area contributed by atoms with Gasteiger partial charge in [-0.15, -0.1) is 0 Å². The Hall–Kier alpha value is -0.180. The predicted molar refractivity (Wildman–Crippen MR) is 41.5 cm³/mol. The molecule has 0 aromatic heterocycles. The van der Waals surface area contributed by atoms with Crippen LogP contribution in [0.3, 0.4) is 0 Å². The Balaban J connectivity index is 3.01.